The van der Waals surface area contributed by atoms with E-state index in [1.807, 2.05) is 0 Å². The van der Waals surface area contributed by atoms with E-state index in [1.54, 1.807) is 0 Å². The molecule has 0 amide bonds. The summed E-state index contributed by atoms with van der Waals surface area (Å²) in [6, 6.07) is 91.5. The minimum absolute atomic E-state index is 0.211. The van der Waals surface area contributed by atoms with E-state index in [1.165, 1.54) is 155 Å². The molecule has 0 N–H and O–H groups in total. The fraction of sp³-hybridized carbons (Fsp3) is 0.0811. The molecule has 15 rings (SSSR count). The molecule has 0 unspecified atom stereocenters. The summed E-state index contributed by atoms with van der Waals surface area (Å²) in [4.78, 5) is 0. The molecule has 3 aliphatic carbocycles. The molecule has 0 aliphatic heterocycles. The maximum Gasteiger partial charge on any atom is 0.0159 e. The lowest BCUT2D eigenvalue weighted by Crippen LogP contribution is -2.15. The Labute approximate surface area is 433 Å². The summed E-state index contributed by atoms with van der Waals surface area (Å²) in [6.45, 7) is 9.69. The van der Waals surface area contributed by atoms with E-state index in [0.29, 0.717) is 0 Å². The smallest absolute Gasteiger partial charge is 0.0159 e. The first kappa shape index (κ1) is 42.8. The largest absolute Gasteiger partial charge is 0.0622 e. The van der Waals surface area contributed by atoms with Gasteiger partial charge in [-0.15, -0.1) is 0 Å². The Balaban J connectivity index is 0.874. The normalized spacial score (nSPS) is 13.9. The van der Waals surface area contributed by atoms with Gasteiger partial charge in [0, 0.05) is 10.8 Å². The molecule has 0 heteroatoms. The first-order valence-corrected chi connectivity index (χ1v) is 26.2. The van der Waals surface area contributed by atoms with Crippen molar-refractivity contribution in [2.75, 3.05) is 0 Å². The molecule has 12 aromatic rings. The number of hydrogen-bond acceptors (Lipinski definition) is 0. The van der Waals surface area contributed by atoms with Crippen molar-refractivity contribution < 1.29 is 0 Å². The summed E-state index contributed by atoms with van der Waals surface area (Å²) in [5.41, 5.74) is 30.8. The van der Waals surface area contributed by atoms with Gasteiger partial charge < -0.3 is 0 Å². The van der Waals surface area contributed by atoms with Crippen LogP contribution >= 0.6 is 0 Å². The van der Waals surface area contributed by atoms with Gasteiger partial charge in [0.05, 0.1) is 0 Å². The first-order chi connectivity index (χ1) is 36.2. The Morgan fingerprint density at radius 3 is 0.932 bits per heavy atom. The molecule has 348 valence electrons. The predicted octanol–water partition coefficient (Wildman–Crippen LogP) is 20.3. The molecule has 0 saturated carbocycles. The van der Waals surface area contributed by atoms with E-state index >= 15 is 0 Å². The fourth-order valence-corrected chi connectivity index (χ4v) is 13.5. The lowest BCUT2D eigenvalue weighted by atomic mass is 9.78. The zero-order valence-corrected chi connectivity index (χ0v) is 42.1. The zero-order valence-electron chi connectivity index (χ0n) is 42.1. The third-order valence-electron chi connectivity index (χ3n) is 17.2. The van der Waals surface area contributed by atoms with Gasteiger partial charge in [-0.3, -0.25) is 0 Å². The zero-order chi connectivity index (χ0) is 49.5. The lowest BCUT2D eigenvalue weighted by Gasteiger charge is -2.25. The second-order valence-corrected chi connectivity index (χ2v) is 21.9. The maximum absolute atomic E-state index is 2.54. The average Bonchev–Trinajstić information content (AvgIpc) is 3.99. The van der Waals surface area contributed by atoms with Crippen LogP contribution in [0.2, 0.25) is 0 Å². The molecule has 0 atom stereocenters. The molecule has 12 aromatic carbocycles. The van der Waals surface area contributed by atoms with Gasteiger partial charge in [-0.2, -0.15) is 0 Å². The SMILES string of the molecule is CC1(C)c2cc(-c3cccc(-c4ccccc4)c3)ccc2-c2ccc(-c3c4c(c(-c5ccc6c(c5)C(C)(C)c5cc(-c7cccc(-c8ccccc8)c7)ccc5-6)c5ccccc35)-c3cccc5cccc-4c35)cc21. The van der Waals surface area contributed by atoms with Crippen LogP contribution in [0.15, 0.2) is 243 Å². The highest BCUT2D eigenvalue weighted by molar-refractivity contribution is 6.27. The van der Waals surface area contributed by atoms with Gasteiger partial charge in [0.15, 0.2) is 0 Å². The summed E-state index contributed by atoms with van der Waals surface area (Å²) in [5, 5.41) is 5.19. The van der Waals surface area contributed by atoms with Gasteiger partial charge in [0.1, 0.15) is 0 Å². The van der Waals surface area contributed by atoms with Crippen LogP contribution in [0.1, 0.15) is 49.9 Å². The van der Waals surface area contributed by atoms with Crippen molar-refractivity contribution in [2.45, 2.75) is 38.5 Å². The van der Waals surface area contributed by atoms with Gasteiger partial charge in [-0.05, 0) is 191 Å². The van der Waals surface area contributed by atoms with E-state index in [4.69, 9.17) is 0 Å². The average molecular weight is 941 g/mol. The van der Waals surface area contributed by atoms with Crippen molar-refractivity contribution >= 4 is 21.5 Å². The Kier molecular flexibility index (Phi) is 9.16. The summed E-state index contributed by atoms with van der Waals surface area (Å²) in [7, 11) is 0. The quantitative estimate of drug-likeness (QED) is 0.156. The highest BCUT2D eigenvalue weighted by Crippen LogP contribution is 2.60. The number of rotatable bonds is 6. The predicted molar refractivity (Wildman–Crippen MR) is 314 cm³/mol. The maximum atomic E-state index is 2.54. The molecule has 3 aliphatic rings. The van der Waals surface area contributed by atoms with Crippen LogP contribution in [0.5, 0.6) is 0 Å². The highest BCUT2D eigenvalue weighted by Gasteiger charge is 2.39. The Morgan fingerprint density at radius 2 is 0.527 bits per heavy atom. The summed E-state index contributed by atoms with van der Waals surface area (Å²) in [6.07, 6.45) is 0. The molecular weight excluding hydrogens is 889 g/mol. The van der Waals surface area contributed by atoms with E-state index in [9.17, 15) is 0 Å². The second-order valence-electron chi connectivity index (χ2n) is 21.9. The molecule has 0 nitrogen and oxygen atoms in total. The molecule has 0 bridgehead atoms. The van der Waals surface area contributed by atoms with E-state index in [-0.39, 0.29) is 10.8 Å². The van der Waals surface area contributed by atoms with Crippen LogP contribution in [-0.4, -0.2) is 0 Å². The number of fused-ring (bicyclic) bond motifs is 10. The van der Waals surface area contributed by atoms with Gasteiger partial charge in [0.25, 0.3) is 0 Å². The molecule has 74 heavy (non-hydrogen) atoms. The first-order valence-electron chi connectivity index (χ1n) is 26.2. The monoisotopic (exact) mass is 940 g/mol. The van der Waals surface area contributed by atoms with Crippen molar-refractivity contribution in [2.24, 2.45) is 0 Å². The van der Waals surface area contributed by atoms with Gasteiger partial charge in [-0.25, -0.2) is 0 Å². The second kappa shape index (κ2) is 15.8. The third-order valence-corrected chi connectivity index (χ3v) is 17.2. The Bertz CT molecular complexity index is 4060. The van der Waals surface area contributed by atoms with Crippen LogP contribution in [0, 0.1) is 0 Å². The Morgan fingerprint density at radius 1 is 0.216 bits per heavy atom. The van der Waals surface area contributed by atoms with Crippen molar-refractivity contribution in [3.63, 3.8) is 0 Å². The summed E-state index contributed by atoms with van der Waals surface area (Å²) >= 11 is 0. The van der Waals surface area contributed by atoms with Crippen LogP contribution in [-0.2, 0) is 10.8 Å². The number of benzene rings is 12. The molecule has 0 radical (unpaired) electrons. The third kappa shape index (κ3) is 6.21. The van der Waals surface area contributed by atoms with Crippen molar-refractivity contribution in [3.8, 4) is 111 Å². The van der Waals surface area contributed by atoms with Crippen molar-refractivity contribution in [3.05, 3.63) is 265 Å². The standard InChI is InChI=1S/C74H52/c1-73(2)64-41-52(50-25-13-23-48(39-50)45-17-7-5-8-18-45)31-35-56(64)58-37-33-54(43-66(58)73)69-60-27-11-12-28-61(60)70(72-63-30-16-22-47-21-15-29-62(68(47)63)71(69)72)55-34-38-59-57-36-32-53(42-65(57)74(3,4)67(59)44-55)51-26-14-24-49(40-51)46-19-9-6-10-20-46/h5-44H,1-4H3. The number of hydrogen-bond donors (Lipinski definition) is 0. The van der Waals surface area contributed by atoms with Gasteiger partial charge >= 0.3 is 0 Å². The van der Waals surface area contributed by atoms with Gasteiger partial charge in [-0.1, -0.05) is 234 Å². The molecule has 0 fully saturated rings. The molecular formula is C74H52. The topological polar surface area (TPSA) is 0 Å². The van der Waals surface area contributed by atoms with E-state index in [2.05, 4.69) is 270 Å². The highest BCUT2D eigenvalue weighted by atomic mass is 14.4. The molecule has 0 saturated heterocycles. The van der Waals surface area contributed by atoms with Crippen LogP contribution in [0.25, 0.3) is 133 Å². The van der Waals surface area contributed by atoms with Crippen LogP contribution in [0.3, 0.4) is 0 Å². The molecule has 0 spiro atoms. The minimum atomic E-state index is -0.211. The lowest BCUT2D eigenvalue weighted by molar-refractivity contribution is 0.660. The summed E-state index contributed by atoms with van der Waals surface area (Å²) in [5.74, 6) is 0. The van der Waals surface area contributed by atoms with Crippen LogP contribution in [0.4, 0.5) is 0 Å². The van der Waals surface area contributed by atoms with E-state index < -0.39 is 0 Å². The van der Waals surface area contributed by atoms with Crippen LogP contribution < -0.4 is 0 Å². The van der Waals surface area contributed by atoms with Crippen molar-refractivity contribution in [1.82, 2.24) is 0 Å². The Hall–Kier alpha value is -8.84. The molecule has 0 heterocycles. The summed E-state index contributed by atoms with van der Waals surface area (Å²) < 4.78 is 0. The van der Waals surface area contributed by atoms with Crippen molar-refractivity contribution in [1.29, 1.82) is 0 Å². The molecule has 0 aromatic heterocycles. The van der Waals surface area contributed by atoms with E-state index in [0.717, 1.165) is 0 Å². The van der Waals surface area contributed by atoms with Gasteiger partial charge in [0.2, 0.25) is 0 Å². The minimum Gasteiger partial charge on any atom is -0.0622 e. The fourth-order valence-electron chi connectivity index (χ4n) is 13.5.